The Hall–Kier alpha value is -1.16. The summed E-state index contributed by atoms with van der Waals surface area (Å²) in [6.07, 6.45) is 5.27. The monoisotopic (exact) mass is 264 g/mol. The molecule has 96 valence electrons. The third-order valence-corrected chi connectivity index (χ3v) is 3.52. The summed E-state index contributed by atoms with van der Waals surface area (Å²) in [6, 6.07) is 0. The van der Waals surface area contributed by atoms with Crippen LogP contribution < -0.4 is 0 Å². The predicted molar refractivity (Wildman–Crippen MR) is 71.8 cm³/mol. The van der Waals surface area contributed by atoms with Crippen molar-refractivity contribution in [2.45, 2.75) is 45.6 Å². The molecule has 1 aliphatic rings. The normalized spacial score (nSPS) is 16.4. The maximum Gasteiger partial charge on any atom is 0.163 e. The molecule has 2 aromatic rings. The van der Waals surface area contributed by atoms with Crippen molar-refractivity contribution < 1.29 is 0 Å². The molecule has 0 aliphatic heterocycles. The van der Waals surface area contributed by atoms with E-state index in [2.05, 4.69) is 35.8 Å². The average Bonchev–Trinajstić information content (AvgIpc) is 2.93. The first kappa shape index (κ1) is 11.9. The highest BCUT2D eigenvalue weighted by atomic mass is 35.5. The molecule has 2 aromatic heterocycles. The second-order valence-electron chi connectivity index (χ2n) is 6.04. The number of nitrogens with zero attached hydrogens (tertiary/aromatic N) is 4. The van der Waals surface area contributed by atoms with E-state index < -0.39 is 0 Å². The van der Waals surface area contributed by atoms with Gasteiger partial charge in [0.15, 0.2) is 5.65 Å². The van der Waals surface area contributed by atoms with Crippen molar-refractivity contribution >= 4 is 22.6 Å². The van der Waals surface area contributed by atoms with Crippen LogP contribution in [0.4, 0.5) is 0 Å². The third-order valence-electron chi connectivity index (χ3n) is 3.23. The summed E-state index contributed by atoms with van der Waals surface area (Å²) in [5.74, 6) is 1.60. The van der Waals surface area contributed by atoms with E-state index in [0.717, 1.165) is 29.2 Å². The van der Waals surface area contributed by atoms with Gasteiger partial charge in [0.2, 0.25) is 0 Å². The smallest absolute Gasteiger partial charge is 0.163 e. The van der Waals surface area contributed by atoms with Crippen LogP contribution in [0.1, 0.15) is 39.4 Å². The van der Waals surface area contributed by atoms with Gasteiger partial charge in [0, 0.05) is 6.42 Å². The van der Waals surface area contributed by atoms with Gasteiger partial charge in [0.25, 0.3) is 0 Å². The summed E-state index contributed by atoms with van der Waals surface area (Å²) < 4.78 is 1.92. The minimum Gasteiger partial charge on any atom is -0.242 e. The molecule has 0 saturated heterocycles. The van der Waals surface area contributed by atoms with E-state index in [4.69, 9.17) is 11.6 Å². The van der Waals surface area contributed by atoms with Crippen LogP contribution in [0.25, 0.3) is 11.0 Å². The number of rotatable bonds is 2. The van der Waals surface area contributed by atoms with E-state index in [0.29, 0.717) is 5.15 Å². The van der Waals surface area contributed by atoms with Crippen LogP contribution in [0.2, 0.25) is 5.15 Å². The first-order chi connectivity index (χ1) is 8.45. The van der Waals surface area contributed by atoms with Gasteiger partial charge >= 0.3 is 0 Å². The van der Waals surface area contributed by atoms with Crippen molar-refractivity contribution in [1.82, 2.24) is 19.7 Å². The Morgan fingerprint density at radius 2 is 2.06 bits per heavy atom. The van der Waals surface area contributed by atoms with E-state index in [-0.39, 0.29) is 5.54 Å². The van der Waals surface area contributed by atoms with E-state index in [1.165, 1.54) is 12.8 Å². The van der Waals surface area contributed by atoms with Crippen molar-refractivity contribution in [3.8, 4) is 0 Å². The average molecular weight is 265 g/mol. The molecule has 0 aromatic carbocycles. The number of hydrogen-bond donors (Lipinski definition) is 0. The highest BCUT2D eigenvalue weighted by molar-refractivity contribution is 6.33. The van der Waals surface area contributed by atoms with Gasteiger partial charge in [-0.25, -0.2) is 14.6 Å². The van der Waals surface area contributed by atoms with Crippen molar-refractivity contribution in [2.24, 2.45) is 5.92 Å². The summed E-state index contributed by atoms with van der Waals surface area (Å²) in [5, 5.41) is 5.75. The Morgan fingerprint density at radius 1 is 1.33 bits per heavy atom. The minimum atomic E-state index is -0.101. The lowest BCUT2D eigenvalue weighted by Gasteiger charge is -2.19. The topological polar surface area (TPSA) is 43.6 Å². The number of hydrogen-bond acceptors (Lipinski definition) is 3. The van der Waals surface area contributed by atoms with Crippen LogP contribution in [0.3, 0.4) is 0 Å². The van der Waals surface area contributed by atoms with Crippen LogP contribution in [0.5, 0.6) is 0 Å². The van der Waals surface area contributed by atoms with Crippen LogP contribution >= 0.6 is 11.6 Å². The molecule has 3 rings (SSSR count). The SMILES string of the molecule is CC(C)(C)n1ncc2c(Cl)nc(CC3CC3)nc21. The molecule has 1 fully saturated rings. The van der Waals surface area contributed by atoms with Gasteiger partial charge in [-0.15, -0.1) is 0 Å². The Bertz CT molecular complexity index is 593. The van der Waals surface area contributed by atoms with Gasteiger partial charge in [-0.3, -0.25) is 0 Å². The van der Waals surface area contributed by atoms with Gasteiger partial charge in [-0.2, -0.15) is 5.10 Å². The molecule has 0 amide bonds. The fraction of sp³-hybridized carbons (Fsp3) is 0.615. The van der Waals surface area contributed by atoms with Gasteiger partial charge < -0.3 is 0 Å². The molecule has 0 bridgehead atoms. The molecular weight excluding hydrogens is 248 g/mol. The molecule has 4 nitrogen and oxygen atoms in total. The van der Waals surface area contributed by atoms with Crippen molar-refractivity contribution in [2.75, 3.05) is 0 Å². The summed E-state index contributed by atoms with van der Waals surface area (Å²) in [7, 11) is 0. The number of fused-ring (bicyclic) bond motifs is 1. The second kappa shape index (κ2) is 3.92. The Labute approximate surface area is 111 Å². The summed E-state index contributed by atoms with van der Waals surface area (Å²) >= 11 is 6.23. The van der Waals surface area contributed by atoms with Gasteiger partial charge in [-0.1, -0.05) is 11.6 Å². The Kier molecular flexibility index (Phi) is 2.59. The summed E-state index contributed by atoms with van der Waals surface area (Å²) in [4.78, 5) is 9.03. The van der Waals surface area contributed by atoms with E-state index in [9.17, 15) is 0 Å². The molecule has 0 spiro atoms. The molecule has 0 atom stereocenters. The first-order valence-electron chi connectivity index (χ1n) is 6.36. The van der Waals surface area contributed by atoms with Crippen LogP contribution in [0, 0.1) is 5.92 Å². The Balaban J connectivity index is 2.13. The molecule has 1 saturated carbocycles. The third kappa shape index (κ3) is 2.09. The van der Waals surface area contributed by atoms with Crippen molar-refractivity contribution in [3.63, 3.8) is 0 Å². The van der Waals surface area contributed by atoms with Crippen molar-refractivity contribution in [1.29, 1.82) is 0 Å². The largest absolute Gasteiger partial charge is 0.242 e. The molecule has 0 radical (unpaired) electrons. The highest BCUT2D eigenvalue weighted by Crippen LogP contribution is 2.33. The molecule has 0 unspecified atom stereocenters. The predicted octanol–water partition coefficient (Wildman–Crippen LogP) is 3.19. The molecule has 5 heteroatoms. The maximum atomic E-state index is 6.23. The summed E-state index contributed by atoms with van der Waals surface area (Å²) in [5.41, 5.74) is 0.745. The second-order valence-corrected chi connectivity index (χ2v) is 6.40. The molecule has 2 heterocycles. The molecule has 1 aliphatic carbocycles. The molecule has 18 heavy (non-hydrogen) atoms. The van der Waals surface area contributed by atoms with Crippen LogP contribution in [-0.2, 0) is 12.0 Å². The number of halogens is 1. The standard InChI is InChI=1S/C13H17ClN4/c1-13(2,3)18-12-9(7-15-18)11(14)16-10(17-12)6-8-4-5-8/h7-8H,4-6H2,1-3H3. The van der Waals surface area contributed by atoms with E-state index >= 15 is 0 Å². The lowest BCUT2D eigenvalue weighted by atomic mass is 10.1. The van der Waals surface area contributed by atoms with Crippen LogP contribution in [0.15, 0.2) is 6.20 Å². The van der Waals surface area contributed by atoms with E-state index in [1.807, 2.05) is 4.68 Å². The van der Waals surface area contributed by atoms with Gasteiger partial charge in [0.1, 0.15) is 11.0 Å². The Morgan fingerprint density at radius 3 is 2.67 bits per heavy atom. The first-order valence-corrected chi connectivity index (χ1v) is 6.73. The zero-order valence-electron chi connectivity index (χ0n) is 10.9. The lowest BCUT2D eigenvalue weighted by Crippen LogP contribution is -2.23. The molecular formula is C13H17ClN4. The quantitative estimate of drug-likeness (QED) is 0.783. The fourth-order valence-electron chi connectivity index (χ4n) is 2.08. The van der Waals surface area contributed by atoms with Crippen molar-refractivity contribution in [3.05, 3.63) is 17.2 Å². The van der Waals surface area contributed by atoms with Crippen LogP contribution in [-0.4, -0.2) is 19.7 Å². The highest BCUT2D eigenvalue weighted by Gasteiger charge is 2.25. The minimum absolute atomic E-state index is 0.101. The maximum absolute atomic E-state index is 6.23. The van der Waals surface area contributed by atoms with E-state index in [1.54, 1.807) is 6.20 Å². The zero-order valence-corrected chi connectivity index (χ0v) is 11.7. The molecule has 0 N–H and O–H groups in total. The zero-order chi connectivity index (χ0) is 12.9. The number of aromatic nitrogens is 4. The van der Waals surface area contributed by atoms with Gasteiger partial charge in [-0.05, 0) is 39.5 Å². The lowest BCUT2D eigenvalue weighted by molar-refractivity contribution is 0.365. The fourth-order valence-corrected chi connectivity index (χ4v) is 2.31. The summed E-state index contributed by atoms with van der Waals surface area (Å²) in [6.45, 7) is 6.32. The van der Waals surface area contributed by atoms with Gasteiger partial charge in [0.05, 0.1) is 17.1 Å².